The number of aromatic nitrogens is 1. The Bertz CT molecular complexity index is 755. The van der Waals surface area contributed by atoms with E-state index in [1.807, 2.05) is 40.1 Å². The van der Waals surface area contributed by atoms with Gasteiger partial charge in [-0.3, -0.25) is 4.90 Å². The van der Waals surface area contributed by atoms with Gasteiger partial charge in [-0.1, -0.05) is 18.2 Å². The van der Waals surface area contributed by atoms with Gasteiger partial charge in [0.05, 0.1) is 12.2 Å². The third-order valence-electron chi connectivity index (χ3n) is 4.97. The number of hydrogen-bond donors (Lipinski definition) is 1. The molecule has 1 N–H and O–H groups in total. The third kappa shape index (κ3) is 3.12. The maximum absolute atomic E-state index is 13.0. The fraction of sp³-hybridized carbons (Fsp3) is 0.368. The van der Waals surface area contributed by atoms with Gasteiger partial charge in [-0.2, -0.15) is 0 Å². The van der Waals surface area contributed by atoms with Crippen LogP contribution in [0.4, 0.5) is 10.5 Å². The number of pyridine rings is 1. The number of nitrogens with zero attached hydrogens (tertiary/aromatic N) is 3. The van der Waals surface area contributed by atoms with E-state index >= 15 is 0 Å². The number of aromatic hydroxyl groups is 1. The van der Waals surface area contributed by atoms with Crippen LogP contribution in [0, 0.1) is 0 Å². The molecule has 1 aromatic heterocycles. The highest BCUT2D eigenvalue weighted by atomic mass is 16.5. The minimum Gasteiger partial charge on any atom is -0.493 e. The molecule has 0 atom stereocenters. The minimum atomic E-state index is 0.0438. The molecule has 3 heterocycles. The van der Waals surface area contributed by atoms with Crippen molar-refractivity contribution >= 4 is 11.7 Å². The van der Waals surface area contributed by atoms with Gasteiger partial charge >= 0.3 is 6.03 Å². The topological polar surface area (TPSA) is 65.9 Å². The highest BCUT2D eigenvalue weighted by molar-refractivity contribution is 5.94. The summed E-state index contributed by atoms with van der Waals surface area (Å²) in [6.45, 7) is 2.56. The number of likely N-dealkylation sites (tertiary alicyclic amines) is 1. The number of para-hydroxylation sites is 2. The summed E-state index contributed by atoms with van der Waals surface area (Å²) in [5.41, 5.74) is 1.98. The van der Waals surface area contributed by atoms with E-state index in [0.29, 0.717) is 19.1 Å². The molecule has 1 fully saturated rings. The molecular weight excluding hydrogens is 318 g/mol. The predicted molar refractivity (Wildman–Crippen MR) is 94.1 cm³/mol. The van der Waals surface area contributed by atoms with Crippen molar-refractivity contribution in [1.29, 1.82) is 0 Å². The number of amides is 2. The van der Waals surface area contributed by atoms with Crippen molar-refractivity contribution < 1.29 is 14.6 Å². The number of benzene rings is 1. The van der Waals surface area contributed by atoms with Gasteiger partial charge in [-0.25, -0.2) is 9.78 Å². The van der Waals surface area contributed by atoms with Crippen LogP contribution in [0.25, 0.3) is 0 Å². The highest BCUT2D eigenvalue weighted by Crippen LogP contribution is 2.33. The van der Waals surface area contributed by atoms with Gasteiger partial charge in [-0.15, -0.1) is 0 Å². The molecule has 2 aliphatic heterocycles. The lowest BCUT2D eigenvalue weighted by Gasteiger charge is -2.37. The molecule has 1 saturated heterocycles. The van der Waals surface area contributed by atoms with E-state index in [0.717, 1.165) is 42.9 Å². The van der Waals surface area contributed by atoms with Crippen molar-refractivity contribution in [2.45, 2.75) is 18.8 Å². The van der Waals surface area contributed by atoms with Gasteiger partial charge in [0, 0.05) is 25.4 Å². The van der Waals surface area contributed by atoms with Crippen LogP contribution >= 0.6 is 0 Å². The van der Waals surface area contributed by atoms with E-state index in [2.05, 4.69) is 4.98 Å². The van der Waals surface area contributed by atoms with Crippen molar-refractivity contribution in [1.82, 2.24) is 9.88 Å². The maximum Gasteiger partial charge on any atom is 0.324 e. The van der Waals surface area contributed by atoms with Crippen LogP contribution in [0.2, 0.25) is 0 Å². The summed E-state index contributed by atoms with van der Waals surface area (Å²) in [7, 11) is 0. The van der Waals surface area contributed by atoms with Gasteiger partial charge in [0.15, 0.2) is 0 Å². The molecule has 0 unspecified atom stereocenters. The Labute approximate surface area is 146 Å². The quantitative estimate of drug-likeness (QED) is 0.867. The summed E-state index contributed by atoms with van der Waals surface area (Å²) in [5.74, 6) is 1.20. The van der Waals surface area contributed by atoms with Crippen molar-refractivity contribution in [3.05, 3.63) is 48.2 Å². The average molecular weight is 339 g/mol. The number of anilines is 1. The third-order valence-corrected chi connectivity index (χ3v) is 4.97. The molecule has 2 amide bonds. The largest absolute Gasteiger partial charge is 0.493 e. The molecule has 0 saturated carbocycles. The zero-order valence-electron chi connectivity index (χ0n) is 14.0. The van der Waals surface area contributed by atoms with Gasteiger partial charge in [0.25, 0.3) is 0 Å². The summed E-state index contributed by atoms with van der Waals surface area (Å²) < 4.78 is 5.64. The number of ether oxygens (including phenoxy) is 1. The first kappa shape index (κ1) is 15.7. The second-order valence-electron chi connectivity index (χ2n) is 6.46. The number of carbonyl (C=O) groups excluding carboxylic acids is 1. The van der Waals surface area contributed by atoms with E-state index in [1.165, 1.54) is 0 Å². The molecule has 1 aromatic carbocycles. The van der Waals surface area contributed by atoms with Crippen LogP contribution in [0.15, 0.2) is 42.6 Å². The Kier molecular flexibility index (Phi) is 4.17. The first-order valence-electron chi connectivity index (χ1n) is 8.65. The summed E-state index contributed by atoms with van der Waals surface area (Å²) >= 11 is 0. The number of fused-ring (bicyclic) bond motifs is 1. The van der Waals surface area contributed by atoms with Crippen molar-refractivity contribution in [3.8, 4) is 11.6 Å². The monoisotopic (exact) mass is 339 g/mol. The fourth-order valence-corrected chi connectivity index (χ4v) is 3.58. The molecule has 0 bridgehead atoms. The molecule has 0 aliphatic carbocycles. The van der Waals surface area contributed by atoms with Crippen LogP contribution in [0.1, 0.15) is 24.3 Å². The molecule has 2 aromatic rings. The summed E-state index contributed by atoms with van der Waals surface area (Å²) in [6.07, 6.45) is 3.55. The molecule has 25 heavy (non-hydrogen) atoms. The Balaban J connectivity index is 1.43. The molecular formula is C19H21N3O3. The number of rotatable bonds is 1. The van der Waals surface area contributed by atoms with Crippen LogP contribution < -0.4 is 9.64 Å². The molecule has 130 valence electrons. The maximum atomic E-state index is 13.0. The van der Waals surface area contributed by atoms with Gasteiger partial charge < -0.3 is 14.7 Å². The molecule has 0 spiro atoms. The molecule has 6 heteroatoms. The average Bonchev–Trinajstić information content (AvgIpc) is 2.68. The SMILES string of the molecule is O=C(N1CCC(c2ccc(O)nc2)CC1)N1CCOc2ccccc21. The lowest BCUT2D eigenvalue weighted by atomic mass is 9.90. The summed E-state index contributed by atoms with van der Waals surface area (Å²) in [5, 5.41) is 9.31. The van der Waals surface area contributed by atoms with Crippen molar-refractivity contribution in [3.63, 3.8) is 0 Å². The van der Waals surface area contributed by atoms with Crippen LogP contribution in [-0.4, -0.2) is 47.3 Å². The number of carbonyl (C=O) groups is 1. The zero-order valence-corrected chi connectivity index (χ0v) is 14.0. The van der Waals surface area contributed by atoms with Gasteiger partial charge in [-0.05, 0) is 36.5 Å². The predicted octanol–water partition coefficient (Wildman–Crippen LogP) is 2.99. The molecule has 4 rings (SSSR count). The van der Waals surface area contributed by atoms with Crippen molar-refractivity contribution in [2.75, 3.05) is 31.1 Å². The Morgan fingerprint density at radius 3 is 2.68 bits per heavy atom. The Morgan fingerprint density at radius 1 is 1.12 bits per heavy atom. The standard InChI is InChI=1S/C19H21N3O3/c23-18-6-5-15(13-20-18)14-7-9-21(10-8-14)19(24)22-11-12-25-17-4-2-1-3-16(17)22/h1-6,13-14H,7-12H2,(H,20,23). The van der Waals surface area contributed by atoms with E-state index in [-0.39, 0.29) is 11.9 Å². The first-order chi connectivity index (χ1) is 12.2. The molecule has 6 nitrogen and oxygen atoms in total. The summed E-state index contributed by atoms with van der Waals surface area (Å²) in [6, 6.07) is 11.3. The normalized spacial score (nSPS) is 17.8. The second-order valence-corrected chi connectivity index (χ2v) is 6.46. The molecule has 2 aliphatic rings. The van der Waals surface area contributed by atoms with E-state index in [9.17, 15) is 9.90 Å². The van der Waals surface area contributed by atoms with Crippen LogP contribution in [-0.2, 0) is 0 Å². The van der Waals surface area contributed by atoms with Crippen LogP contribution in [0.3, 0.4) is 0 Å². The zero-order chi connectivity index (χ0) is 17.2. The lowest BCUT2D eigenvalue weighted by molar-refractivity contribution is 0.184. The number of urea groups is 1. The van der Waals surface area contributed by atoms with E-state index < -0.39 is 0 Å². The smallest absolute Gasteiger partial charge is 0.324 e. The van der Waals surface area contributed by atoms with Gasteiger partial charge in [0.2, 0.25) is 5.88 Å². The Hall–Kier alpha value is -2.76. The van der Waals surface area contributed by atoms with E-state index in [4.69, 9.17) is 4.74 Å². The first-order valence-corrected chi connectivity index (χ1v) is 8.65. The summed E-state index contributed by atoms with van der Waals surface area (Å²) in [4.78, 5) is 20.7. The minimum absolute atomic E-state index is 0.0438. The van der Waals surface area contributed by atoms with Crippen LogP contribution in [0.5, 0.6) is 11.6 Å². The number of piperidine rings is 1. The Morgan fingerprint density at radius 2 is 1.92 bits per heavy atom. The van der Waals surface area contributed by atoms with Gasteiger partial charge in [0.1, 0.15) is 12.4 Å². The number of hydrogen-bond acceptors (Lipinski definition) is 4. The lowest BCUT2D eigenvalue weighted by Crippen LogP contribution is -2.49. The molecule has 0 radical (unpaired) electrons. The second kappa shape index (κ2) is 6.63. The van der Waals surface area contributed by atoms with E-state index in [1.54, 1.807) is 12.3 Å². The van der Waals surface area contributed by atoms with Crippen molar-refractivity contribution in [2.24, 2.45) is 0 Å². The fourth-order valence-electron chi connectivity index (χ4n) is 3.58. The highest BCUT2D eigenvalue weighted by Gasteiger charge is 2.30.